The smallest absolute Gasteiger partial charge is 0.283 e. The van der Waals surface area contributed by atoms with Gasteiger partial charge in [-0.2, -0.15) is 8.42 Å². The van der Waals surface area contributed by atoms with Crippen LogP contribution in [0.1, 0.15) is 0 Å². The molecule has 0 aliphatic rings. The highest BCUT2D eigenvalue weighted by atomic mass is 32.2. The lowest BCUT2D eigenvalue weighted by Gasteiger charge is -2.08. The van der Waals surface area contributed by atoms with Crippen molar-refractivity contribution in [3.05, 3.63) is 42.6 Å². The highest BCUT2D eigenvalue weighted by Gasteiger charge is 2.21. The van der Waals surface area contributed by atoms with E-state index >= 15 is 0 Å². The zero-order valence-corrected chi connectivity index (χ0v) is 11.6. The maximum atomic E-state index is 12.3. The van der Waals surface area contributed by atoms with Crippen LogP contribution < -0.4 is 16.0 Å². The van der Waals surface area contributed by atoms with Crippen molar-refractivity contribution in [3.8, 4) is 0 Å². The summed E-state index contributed by atoms with van der Waals surface area (Å²) in [5.74, 6) is 5.41. The fourth-order valence-corrected chi connectivity index (χ4v) is 2.96. The first-order valence-corrected chi connectivity index (χ1v) is 7.48. The molecule has 0 atom stereocenters. The molecule has 0 amide bonds. The number of sulfonamides is 1. The number of pyridine rings is 1. The number of H-pyrrole nitrogens is 1. The first kappa shape index (κ1) is 13.3. The molecule has 0 saturated heterocycles. The summed E-state index contributed by atoms with van der Waals surface area (Å²) in [7, 11) is -3.90. The van der Waals surface area contributed by atoms with E-state index in [4.69, 9.17) is 5.84 Å². The minimum Gasteiger partial charge on any atom is -0.323 e. The lowest BCUT2D eigenvalue weighted by Crippen LogP contribution is -2.19. The van der Waals surface area contributed by atoms with Crippen LogP contribution in [0.15, 0.2) is 47.6 Å². The van der Waals surface area contributed by atoms with Crippen LogP contribution in [0.25, 0.3) is 11.0 Å². The summed E-state index contributed by atoms with van der Waals surface area (Å²) in [6, 6.07) is 10.3. The van der Waals surface area contributed by atoms with Crippen LogP contribution in [0.4, 0.5) is 11.6 Å². The van der Waals surface area contributed by atoms with Gasteiger partial charge < -0.3 is 10.4 Å². The summed E-state index contributed by atoms with van der Waals surface area (Å²) >= 11 is 0. The normalized spacial score (nSPS) is 11.5. The van der Waals surface area contributed by atoms with Crippen LogP contribution >= 0.6 is 0 Å². The van der Waals surface area contributed by atoms with E-state index in [1.807, 2.05) is 12.1 Å². The van der Waals surface area contributed by atoms with Crippen LogP contribution in [-0.2, 0) is 10.0 Å². The first-order valence-electron chi connectivity index (χ1n) is 5.99. The van der Waals surface area contributed by atoms with Crippen LogP contribution in [0.3, 0.4) is 0 Å². The molecule has 3 rings (SSSR count). The van der Waals surface area contributed by atoms with Gasteiger partial charge in [-0.15, -0.1) is 0 Å². The Morgan fingerprint density at radius 1 is 1.14 bits per heavy atom. The number of aromatic nitrogens is 3. The molecule has 0 fully saturated rings. The van der Waals surface area contributed by atoms with Gasteiger partial charge in [0.25, 0.3) is 10.0 Å². The number of nitrogens with one attached hydrogen (secondary N) is 3. The molecule has 21 heavy (non-hydrogen) atoms. The molecule has 0 radical (unpaired) electrons. The second-order valence-corrected chi connectivity index (χ2v) is 5.81. The maximum Gasteiger partial charge on any atom is 0.283 e. The van der Waals surface area contributed by atoms with E-state index in [9.17, 15) is 8.42 Å². The number of para-hydroxylation sites is 2. The summed E-state index contributed by atoms with van der Waals surface area (Å²) in [5.41, 5.74) is 3.89. The van der Waals surface area contributed by atoms with Crippen molar-refractivity contribution < 1.29 is 8.42 Å². The van der Waals surface area contributed by atoms with Crippen molar-refractivity contribution in [1.82, 2.24) is 15.0 Å². The Kier molecular flexibility index (Phi) is 3.20. The van der Waals surface area contributed by atoms with Crippen molar-refractivity contribution in [2.24, 2.45) is 5.84 Å². The molecule has 0 bridgehead atoms. The number of hydrogen-bond acceptors (Lipinski definition) is 6. The molecule has 9 heteroatoms. The molecule has 0 aliphatic heterocycles. The predicted octanol–water partition coefficient (Wildman–Crippen LogP) is 1.04. The average molecular weight is 304 g/mol. The largest absolute Gasteiger partial charge is 0.323 e. The Morgan fingerprint density at radius 3 is 2.71 bits per heavy atom. The number of imidazole rings is 1. The molecule has 8 nitrogen and oxygen atoms in total. The second kappa shape index (κ2) is 5.04. The number of nitrogens with zero attached hydrogens (tertiary/aromatic N) is 2. The maximum absolute atomic E-state index is 12.3. The van der Waals surface area contributed by atoms with Gasteiger partial charge in [0.1, 0.15) is 0 Å². The van der Waals surface area contributed by atoms with Crippen molar-refractivity contribution in [2.45, 2.75) is 5.03 Å². The van der Waals surface area contributed by atoms with Gasteiger partial charge in [-0.3, -0.25) is 5.84 Å². The number of anilines is 2. The zero-order valence-electron chi connectivity index (χ0n) is 10.7. The van der Waals surface area contributed by atoms with E-state index in [2.05, 4.69) is 25.1 Å². The standard InChI is InChI=1S/C12H12N6O2S/c13-17-10-6-3-7-14-11(10)21(19,20)18-12-15-8-4-1-2-5-9(8)16-12/h1-7,17H,13H2,(H2,15,16,18). The van der Waals surface area contributed by atoms with Gasteiger partial charge >= 0.3 is 0 Å². The summed E-state index contributed by atoms with van der Waals surface area (Å²) in [6.45, 7) is 0. The van der Waals surface area contributed by atoms with E-state index in [1.165, 1.54) is 12.3 Å². The van der Waals surface area contributed by atoms with E-state index in [0.717, 1.165) is 5.52 Å². The molecule has 108 valence electrons. The van der Waals surface area contributed by atoms with E-state index in [-0.39, 0.29) is 16.7 Å². The summed E-state index contributed by atoms with van der Waals surface area (Å²) in [6.07, 6.45) is 1.37. The summed E-state index contributed by atoms with van der Waals surface area (Å²) < 4.78 is 27.0. The lowest BCUT2D eigenvalue weighted by molar-refractivity contribution is 0.597. The summed E-state index contributed by atoms with van der Waals surface area (Å²) in [5, 5.41) is -0.201. The quantitative estimate of drug-likeness (QED) is 0.421. The Labute approximate surface area is 120 Å². The SMILES string of the molecule is NNc1cccnc1S(=O)(=O)Nc1nc2ccccc2[nH]1. The topological polar surface area (TPSA) is 126 Å². The third-order valence-electron chi connectivity index (χ3n) is 2.80. The zero-order chi connectivity index (χ0) is 14.9. The minimum absolute atomic E-state index is 0.116. The summed E-state index contributed by atoms with van der Waals surface area (Å²) in [4.78, 5) is 10.9. The van der Waals surface area contributed by atoms with Crippen LogP contribution in [0.2, 0.25) is 0 Å². The first-order chi connectivity index (χ1) is 10.1. The fourth-order valence-electron chi connectivity index (χ4n) is 1.89. The Hall–Kier alpha value is -2.65. The van der Waals surface area contributed by atoms with Gasteiger partial charge in [0.05, 0.1) is 16.7 Å². The van der Waals surface area contributed by atoms with Gasteiger partial charge in [-0.1, -0.05) is 12.1 Å². The molecule has 1 aromatic carbocycles. The molecule has 0 unspecified atom stereocenters. The molecular formula is C12H12N6O2S. The van der Waals surface area contributed by atoms with Crippen molar-refractivity contribution in [1.29, 1.82) is 0 Å². The Bertz CT molecular complexity index is 856. The van der Waals surface area contributed by atoms with Gasteiger partial charge in [-0.05, 0) is 24.3 Å². The molecule has 3 aromatic rings. The third-order valence-corrected chi connectivity index (χ3v) is 4.10. The Balaban J connectivity index is 1.99. The number of aromatic amines is 1. The highest BCUT2D eigenvalue weighted by molar-refractivity contribution is 7.92. The lowest BCUT2D eigenvalue weighted by atomic mass is 10.3. The molecule has 2 aromatic heterocycles. The number of benzene rings is 1. The monoisotopic (exact) mass is 304 g/mol. The second-order valence-electron chi connectivity index (χ2n) is 4.21. The number of nitrogen functional groups attached to an aromatic ring is 1. The molecule has 0 saturated carbocycles. The molecule has 2 heterocycles. The Morgan fingerprint density at radius 2 is 1.95 bits per heavy atom. The molecule has 0 aliphatic carbocycles. The predicted molar refractivity (Wildman–Crippen MR) is 78.9 cm³/mol. The number of nitrogens with two attached hydrogens (primary N) is 1. The van der Waals surface area contributed by atoms with E-state index in [1.54, 1.807) is 18.2 Å². The van der Waals surface area contributed by atoms with Crippen molar-refractivity contribution in [3.63, 3.8) is 0 Å². The van der Waals surface area contributed by atoms with Crippen LogP contribution in [0.5, 0.6) is 0 Å². The van der Waals surface area contributed by atoms with Crippen LogP contribution in [-0.4, -0.2) is 23.4 Å². The third kappa shape index (κ3) is 2.51. The number of hydrogen-bond donors (Lipinski definition) is 4. The fraction of sp³-hybridized carbons (Fsp3) is 0. The van der Waals surface area contributed by atoms with Gasteiger partial charge in [0.15, 0.2) is 0 Å². The van der Waals surface area contributed by atoms with Crippen molar-refractivity contribution >= 4 is 32.7 Å². The van der Waals surface area contributed by atoms with Gasteiger partial charge in [0, 0.05) is 6.20 Å². The molecule has 5 N–H and O–H groups in total. The number of fused-ring (bicyclic) bond motifs is 1. The van der Waals surface area contributed by atoms with E-state index in [0.29, 0.717) is 5.52 Å². The number of rotatable bonds is 4. The van der Waals surface area contributed by atoms with Gasteiger partial charge in [0.2, 0.25) is 11.0 Å². The van der Waals surface area contributed by atoms with Crippen molar-refractivity contribution in [2.75, 3.05) is 10.1 Å². The molecule has 0 spiro atoms. The van der Waals surface area contributed by atoms with Gasteiger partial charge in [-0.25, -0.2) is 14.7 Å². The number of hydrazine groups is 1. The van der Waals surface area contributed by atoms with E-state index < -0.39 is 10.0 Å². The molecular weight excluding hydrogens is 292 g/mol. The van der Waals surface area contributed by atoms with Crippen LogP contribution in [0, 0.1) is 0 Å². The highest BCUT2D eigenvalue weighted by Crippen LogP contribution is 2.20. The minimum atomic E-state index is -3.90. The average Bonchev–Trinajstić information content (AvgIpc) is 2.88.